The summed E-state index contributed by atoms with van der Waals surface area (Å²) in [6.07, 6.45) is -5.37. The molecule has 0 aliphatic carbocycles. The molecular formula is C12H13F3N2O2. The highest BCUT2D eigenvalue weighted by atomic mass is 19.4. The fourth-order valence-electron chi connectivity index (χ4n) is 1.28. The second-order valence-electron chi connectivity index (χ2n) is 3.88. The average Bonchev–Trinajstić information content (AvgIpc) is 2.27. The van der Waals surface area contributed by atoms with Crippen LogP contribution >= 0.6 is 0 Å². The second kappa shape index (κ2) is 6.21. The van der Waals surface area contributed by atoms with E-state index < -0.39 is 25.2 Å². The maximum atomic E-state index is 11.8. The number of alkyl halides is 3. The van der Waals surface area contributed by atoms with Gasteiger partial charge in [0.25, 0.3) is 0 Å². The van der Waals surface area contributed by atoms with E-state index in [9.17, 15) is 22.8 Å². The molecule has 7 heteroatoms. The van der Waals surface area contributed by atoms with Gasteiger partial charge in [-0.15, -0.1) is 0 Å². The van der Waals surface area contributed by atoms with Gasteiger partial charge in [-0.3, -0.25) is 4.79 Å². The van der Waals surface area contributed by atoms with Crippen LogP contribution in [0, 0.1) is 0 Å². The summed E-state index contributed by atoms with van der Waals surface area (Å²) >= 11 is 0. The van der Waals surface area contributed by atoms with Gasteiger partial charge in [-0.1, -0.05) is 0 Å². The third-order valence-electron chi connectivity index (χ3n) is 2.24. The van der Waals surface area contributed by atoms with Crippen molar-refractivity contribution in [3.05, 3.63) is 29.8 Å². The number of nitrogens with one attached hydrogen (secondary N) is 2. The predicted molar refractivity (Wildman–Crippen MR) is 64.1 cm³/mol. The average molecular weight is 274 g/mol. The number of anilines is 1. The molecule has 1 aromatic rings. The number of ketones is 1. The van der Waals surface area contributed by atoms with Crippen molar-refractivity contribution in [2.75, 3.05) is 11.9 Å². The lowest BCUT2D eigenvalue weighted by molar-refractivity contribution is -0.132. The van der Waals surface area contributed by atoms with Crippen molar-refractivity contribution < 1.29 is 22.8 Å². The molecule has 0 heterocycles. The molecule has 1 aromatic carbocycles. The van der Waals surface area contributed by atoms with E-state index >= 15 is 0 Å². The van der Waals surface area contributed by atoms with Crippen LogP contribution in [0.5, 0.6) is 0 Å². The molecule has 1 rings (SSSR count). The van der Waals surface area contributed by atoms with Crippen LogP contribution in [0.4, 0.5) is 23.7 Å². The van der Waals surface area contributed by atoms with Crippen molar-refractivity contribution >= 4 is 17.5 Å². The Kier molecular flexibility index (Phi) is 4.91. The Morgan fingerprint density at radius 2 is 1.74 bits per heavy atom. The lowest BCUT2D eigenvalue weighted by Crippen LogP contribution is -2.31. The lowest BCUT2D eigenvalue weighted by atomic mass is 10.1. The minimum absolute atomic E-state index is 0.110. The first-order valence-electron chi connectivity index (χ1n) is 5.50. The molecule has 2 amide bonds. The van der Waals surface area contributed by atoms with E-state index in [2.05, 4.69) is 10.6 Å². The molecule has 0 aliphatic rings. The Balaban J connectivity index is 2.42. The van der Waals surface area contributed by atoms with Gasteiger partial charge in [-0.05, 0) is 31.2 Å². The highest BCUT2D eigenvalue weighted by Crippen LogP contribution is 2.18. The molecule has 0 aliphatic heterocycles. The van der Waals surface area contributed by atoms with Gasteiger partial charge >= 0.3 is 12.2 Å². The van der Waals surface area contributed by atoms with Gasteiger partial charge in [0.05, 0.1) is 6.42 Å². The first kappa shape index (κ1) is 15.0. The van der Waals surface area contributed by atoms with Crippen molar-refractivity contribution in [3.8, 4) is 0 Å². The van der Waals surface area contributed by atoms with Crippen molar-refractivity contribution in [2.24, 2.45) is 0 Å². The second-order valence-corrected chi connectivity index (χ2v) is 3.88. The summed E-state index contributed by atoms with van der Waals surface area (Å²) in [6.45, 7) is 0.924. The molecule has 4 nitrogen and oxygen atoms in total. The maximum absolute atomic E-state index is 11.8. The van der Waals surface area contributed by atoms with Crippen molar-refractivity contribution in [2.45, 2.75) is 19.5 Å². The van der Waals surface area contributed by atoms with Gasteiger partial charge in [0.2, 0.25) is 0 Å². The SMILES string of the molecule is CC(=O)c1ccc(NC(=O)NCCC(F)(F)F)cc1. The summed E-state index contributed by atoms with van der Waals surface area (Å²) < 4.78 is 35.5. The van der Waals surface area contributed by atoms with Crippen LogP contribution in [0.1, 0.15) is 23.7 Å². The van der Waals surface area contributed by atoms with Crippen LogP contribution < -0.4 is 10.6 Å². The van der Waals surface area contributed by atoms with E-state index in [1.54, 1.807) is 0 Å². The van der Waals surface area contributed by atoms with Crippen molar-refractivity contribution in [3.63, 3.8) is 0 Å². The Hall–Kier alpha value is -2.05. The van der Waals surface area contributed by atoms with E-state index in [4.69, 9.17) is 0 Å². The molecule has 2 N–H and O–H groups in total. The number of urea groups is 1. The molecule has 0 radical (unpaired) electrons. The minimum Gasteiger partial charge on any atom is -0.338 e. The van der Waals surface area contributed by atoms with Crippen LogP contribution in [-0.2, 0) is 0 Å². The fourth-order valence-corrected chi connectivity index (χ4v) is 1.28. The molecule has 0 fully saturated rings. The van der Waals surface area contributed by atoms with Crippen molar-refractivity contribution in [1.29, 1.82) is 0 Å². The normalized spacial score (nSPS) is 10.9. The van der Waals surface area contributed by atoms with Crippen LogP contribution in [0.3, 0.4) is 0 Å². The number of carbonyl (C=O) groups excluding carboxylic acids is 2. The van der Waals surface area contributed by atoms with Gasteiger partial charge in [0.15, 0.2) is 5.78 Å². The zero-order valence-electron chi connectivity index (χ0n) is 10.2. The monoisotopic (exact) mass is 274 g/mol. The molecule has 19 heavy (non-hydrogen) atoms. The highest BCUT2D eigenvalue weighted by molar-refractivity contribution is 5.95. The quantitative estimate of drug-likeness (QED) is 0.829. The standard InChI is InChI=1S/C12H13F3N2O2/c1-8(18)9-2-4-10(5-3-9)17-11(19)16-7-6-12(13,14)15/h2-5H,6-7H2,1H3,(H2,16,17,19). The first-order chi connectivity index (χ1) is 8.78. The number of amides is 2. The number of rotatable bonds is 4. The maximum Gasteiger partial charge on any atom is 0.390 e. The molecule has 104 valence electrons. The molecule has 0 unspecified atom stereocenters. The molecule has 0 saturated carbocycles. The smallest absolute Gasteiger partial charge is 0.338 e. The summed E-state index contributed by atoms with van der Waals surface area (Å²) in [5, 5.41) is 4.45. The van der Waals surface area contributed by atoms with Gasteiger partial charge in [-0.2, -0.15) is 13.2 Å². The highest BCUT2D eigenvalue weighted by Gasteiger charge is 2.26. The fraction of sp³-hybridized carbons (Fsp3) is 0.333. The molecule has 0 aromatic heterocycles. The van der Waals surface area contributed by atoms with E-state index in [0.717, 1.165) is 0 Å². The third kappa shape index (κ3) is 5.89. The van der Waals surface area contributed by atoms with Crippen LogP contribution in [0.25, 0.3) is 0 Å². The number of carbonyl (C=O) groups is 2. The summed E-state index contributed by atoms with van der Waals surface area (Å²) in [6, 6.07) is 5.32. The minimum atomic E-state index is -4.30. The summed E-state index contributed by atoms with van der Waals surface area (Å²) in [7, 11) is 0. The van der Waals surface area contributed by atoms with E-state index in [1.807, 2.05) is 0 Å². The van der Waals surface area contributed by atoms with E-state index in [-0.39, 0.29) is 5.78 Å². The molecule has 0 bridgehead atoms. The van der Waals surface area contributed by atoms with Crippen LogP contribution in [0.2, 0.25) is 0 Å². The molecule has 0 saturated heterocycles. The predicted octanol–water partition coefficient (Wildman–Crippen LogP) is 2.96. The number of hydrogen-bond acceptors (Lipinski definition) is 2. The Morgan fingerprint density at radius 1 is 1.16 bits per heavy atom. The van der Waals surface area contributed by atoms with Crippen molar-refractivity contribution in [1.82, 2.24) is 5.32 Å². The zero-order valence-corrected chi connectivity index (χ0v) is 10.2. The third-order valence-corrected chi connectivity index (χ3v) is 2.24. The molecule has 0 spiro atoms. The number of halogens is 3. The Labute approximate surface area is 108 Å². The Bertz CT molecular complexity index is 455. The topological polar surface area (TPSA) is 58.2 Å². The first-order valence-corrected chi connectivity index (χ1v) is 5.50. The summed E-state index contributed by atoms with van der Waals surface area (Å²) in [4.78, 5) is 22.3. The molecular weight excluding hydrogens is 261 g/mol. The van der Waals surface area contributed by atoms with Gasteiger partial charge < -0.3 is 10.6 Å². The summed E-state index contributed by atoms with van der Waals surface area (Å²) in [5.41, 5.74) is 0.887. The largest absolute Gasteiger partial charge is 0.390 e. The van der Waals surface area contributed by atoms with E-state index in [0.29, 0.717) is 11.3 Å². The molecule has 0 atom stereocenters. The number of Topliss-reactive ketones (excluding diaryl/α,β-unsaturated/α-hetero) is 1. The van der Waals surface area contributed by atoms with E-state index in [1.165, 1.54) is 31.2 Å². The van der Waals surface area contributed by atoms with Crippen LogP contribution in [-0.4, -0.2) is 24.5 Å². The number of hydrogen-bond donors (Lipinski definition) is 2. The van der Waals surface area contributed by atoms with Gasteiger partial charge in [0.1, 0.15) is 0 Å². The van der Waals surface area contributed by atoms with Gasteiger partial charge in [0, 0.05) is 17.8 Å². The number of benzene rings is 1. The zero-order chi connectivity index (χ0) is 14.5. The lowest BCUT2D eigenvalue weighted by Gasteiger charge is -2.09. The summed E-state index contributed by atoms with van der Waals surface area (Å²) in [5.74, 6) is -0.110. The van der Waals surface area contributed by atoms with Gasteiger partial charge in [-0.25, -0.2) is 4.79 Å². The Morgan fingerprint density at radius 3 is 2.21 bits per heavy atom. The van der Waals surface area contributed by atoms with Crippen LogP contribution in [0.15, 0.2) is 24.3 Å².